The van der Waals surface area contributed by atoms with Crippen LogP contribution in [0.1, 0.15) is 20.3 Å². The molecular weight excluding hydrogens is 276 g/mol. The predicted octanol–water partition coefficient (Wildman–Crippen LogP) is 3.37. The van der Waals surface area contributed by atoms with Crippen molar-refractivity contribution < 1.29 is 13.3 Å². The van der Waals surface area contributed by atoms with E-state index in [4.69, 9.17) is 8.54 Å². The maximum Gasteiger partial charge on any atom is 0.375 e. The van der Waals surface area contributed by atoms with Crippen LogP contribution in [0.2, 0.25) is 38.8 Å². The van der Waals surface area contributed by atoms with Crippen LogP contribution in [-0.2, 0) is 13.3 Å². The Labute approximate surface area is 115 Å². The lowest BCUT2D eigenvalue weighted by Crippen LogP contribution is -2.57. The molecule has 0 saturated heterocycles. The molecule has 0 heterocycles. The van der Waals surface area contributed by atoms with E-state index in [-0.39, 0.29) is 5.97 Å². The summed E-state index contributed by atoms with van der Waals surface area (Å²) in [7, 11) is -4.92. The summed E-state index contributed by atoms with van der Waals surface area (Å²) in [6.07, 6.45) is 0.997. The summed E-state index contributed by atoms with van der Waals surface area (Å²) in [5.74, 6) is -0.291. The molecule has 0 aromatic rings. The van der Waals surface area contributed by atoms with Gasteiger partial charge in [0, 0.05) is 5.57 Å². The SMILES string of the molecule is C=C(C)C(=O)O[SiH](CCC)O[Si](C)(C)[Si](C)(C)C. The first-order valence-electron chi connectivity index (χ1n) is 6.55. The Morgan fingerprint density at radius 3 is 2.06 bits per heavy atom. The molecule has 1 unspecified atom stereocenters. The minimum Gasteiger partial charge on any atom is -0.494 e. The van der Waals surface area contributed by atoms with Crippen LogP contribution in [-0.4, -0.2) is 30.7 Å². The molecule has 0 aromatic heterocycles. The van der Waals surface area contributed by atoms with Crippen molar-refractivity contribution in [1.29, 1.82) is 0 Å². The number of hydrogen-bond acceptors (Lipinski definition) is 3. The quantitative estimate of drug-likeness (QED) is 0.534. The molecule has 0 N–H and O–H groups in total. The van der Waals surface area contributed by atoms with Crippen LogP contribution >= 0.6 is 0 Å². The fraction of sp³-hybridized carbons (Fsp3) is 0.750. The molecule has 0 aliphatic heterocycles. The lowest BCUT2D eigenvalue weighted by Gasteiger charge is -2.37. The van der Waals surface area contributed by atoms with Crippen molar-refractivity contribution in [3.63, 3.8) is 0 Å². The third-order valence-electron chi connectivity index (χ3n) is 3.34. The molecule has 6 heteroatoms. The second-order valence-electron chi connectivity index (χ2n) is 6.28. The van der Waals surface area contributed by atoms with Gasteiger partial charge in [-0.3, -0.25) is 0 Å². The first kappa shape index (κ1) is 17.8. The minimum atomic E-state index is -1.89. The Hall–Kier alpha value is -0.179. The Bertz CT molecular complexity index is 308. The maximum absolute atomic E-state index is 11.6. The van der Waals surface area contributed by atoms with E-state index < -0.39 is 24.7 Å². The fourth-order valence-electron chi connectivity index (χ4n) is 1.10. The van der Waals surface area contributed by atoms with Crippen molar-refractivity contribution in [2.45, 2.75) is 59.0 Å². The van der Waals surface area contributed by atoms with Crippen molar-refractivity contribution >= 4 is 30.7 Å². The predicted molar refractivity (Wildman–Crippen MR) is 85.1 cm³/mol. The Balaban J connectivity index is 4.73. The summed E-state index contributed by atoms with van der Waals surface area (Å²) >= 11 is 0. The summed E-state index contributed by atoms with van der Waals surface area (Å²) in [5.41, 5.74) is 0.458. The molecule has 0 spiro atoms. The van der Waals surface area contributed by atoms with Gasteiger partial charge in [-0.05, 0) is 26.1 Å². The highest BCUT2D eigenvalue weighted by molar-refractivity contribution is 7.38. The molecule has 0 aromatic carbocycles. The highest BCUT2D eigenvalue weighted by Crippen LogP contribution is 2.22. The molecule has 0 amide bonds. The molecular formula is C12H28O3Si3. The molecule has 18 heavy (non-hydrogen) atoms. The van der Waals surface area contributed by atoms with Gasteiger partial charge in [-0.2, -0.15) is 0 Å². The largest absolute Gasteiger partial charge is 0.494 e. The topological polar surface area (TPSA) is 35.5 Å². The van der Waals surface area contributed by atoms with Crippen LogP contribution in [0.5, 0.6) is 0 Å². The van der Waals surface area contributed by atoms with Gasteiger partial charge in [-0.25, -0.2) is 4.79 Å². The molecule has 3 nitrogen and oxygen atoms in total. The van der Waals surface area contributed by atoms with Gasteiger partial charge >= 0.3 is 15.3 Å². The highest BCUT2D eigenvalue weighted by atomic mass is 29.3. The monoisotopic (exact) mass is 304 g/mol. The number of carbonyl (C=O) groups is 1. The Kier molecular flexibility index (Phi) is 6.77. The van der Waals surface area contributed by atoms with E-state index in [1.54, 1.807) is 6.92 Å². The lowest BCUT2D eigenvalue weighted by molar-refractivity contribution is -0.131. The summed E-state index contributed by atoms with van der Waals surface area (Å²) in [5, 5.41) is 0. The average Bonchev–Trinajstić information content (AvgIpc) is 2.15. The average molecular weight is 305 g/mol. The maximum atomic E-state index is 11.6. The van der Waals surface area contributed by atoms with E-state index >= 15 is 0 Å². The van der Waals surface area contributed by atoms with Gasteiger partial charge in [0.05, 0.1) is 7.59 Å². The Morgan fingerprint density at radius 1 is 1.22 bits per heavy atom. The van der Waals surface area contributed by atoms with E-state index in [2.05, 4.69) is 46.2 Å². The highest BCUT2D eigenvalue weighted by Gasteiger charge is 2.41. The lowest BCUT2D eigenvalue weighted by atomic mass is 10.4. The number of rotatable bonds is 7. The zero-order chi connectivity index (χ0) is 14.6. The zero-order valence-electron chi connectivity index (χ0n) is 12.9. The molecule has 0 fully saturated rings. The Morgan fingerprint density at radius 2 is 1.72 bits per heavy atom. The first-order chi connectivity index (χ1) is 8.01. The van der Waals surface area contributed by atoms with E-state index in [9.17, 15) is 4.79 Å². The molecule has 1 atom stereocenters. The zero-order valence-corrected chi connectivity index (χ0v) is 16.1. The minimum absolute atomic E-state index is 0.291. The van der Waals surface area contributed by atoms with Crippen molar-refractivity contribution in [3.05, 3.63) is 12.2 Å². The third-order valence-corrected chi connectivity index (χ3v) is 23.8. The summed E-state index contributed by atoms with van der Waals surface area (Å²) in [4.78, 5) is 11.6. The molecule has 0 radical (unpaired) electrons. The molecule has 0 bridgehead atoms. The second kappa shape index (κ2) is 6.83. The third kappa shape index (κ3) is 5.64. The van der Waals surface area contributed by atoms with Crippen LogP contribution in [0.15, 0.2) is 12.2 Å². The van der Waals surface area contributed by atoms with Crippen molar-refractivity contribution in [2.24, 2.45) is 0 Å². The van der Waals surface area contributed by atoms with Crippen molar-refractivity contribution in [3.8, 4) is 0 Å². The smallest absolute Gasteiger partial charge is 0.375 e. The van der Waals surface area contributed by atoms with Crippen LogP contribution in [0.4, 0.5) is 0 Å². The van der Waals surface area contributed by atoms with Gasteiger partial charge in [0.25, 0.3) is 0 Å². The summed E-state index contributed by atoms with van der Waals surface area (Å²) in [6.45, 7) is 18.9. The van der Waals surface area contributed by atoms with E-state index in [0.29, 0.717) is 5.57 Å². The standard InChI is InChI=1S/C12H28O3Si3/c1-9-10-16(14-12(13)11(2)3)15-18(7,8)17(4,5)6/h16H,2,9-10H2,1,3-8H3. The van der Waals surface area contributed by atoms with Gasteiger partial charge in [0.2, 0.25) is 0 Å². The van der Waals surface area contributed by atoms with E-state index in [1.165, 1.54) is 0 Å². The van der Waals surface area contributed by atoms with Crippen LogP contribution < -0.4 is 0 Å². The second-order valence-corrected chi connectivity index (χ2v) is 24.5. The van der Waals surface area contributed by atoms with Crippen LogP contribution in [0.3, 0.4) is 0 Å². The molecule has 0 rings (SSSR count). The summed E-state index contributed by atoms with van der Waals surface area (Å²) in [6, 6.07) is 0.889. The van der Waals surface area contributed by atoms with Gasteiger partial charge in [0.1, 0.15) is 0 Å². The molecule has 0 aliphatic rings. The van der Waals surface area contributed by atoms with Gasteiger partial charge in [-0.1, -0.05) is 39.6 Å². The molecule has 0 saturated carbocycles. The summed E-state index contributed by atoms with van der Waals surface area (Å²) < 4.78 is 11.8. The van der Waals surface area contributed by atoms with Gasteiger partial charge < -0.3 is 8.54 Å². The van der Waals surface area contributed by atoms with Gasteiger partial charge in [0.15, 0.2) is 7.83 Å². The first-order valence-corrected chi connectivity index (χ1v) is 15.7. The van der Waals surface area contributed by atoms with E-state index in [0.717, 1.165) is 12.5 Å². The fourth-order valence-corrected chi connectivity index (χ4v) is 11.2. The van der Waals surface area contributed by atoms with Crippen molar-refractivity contribution in [2.75, 3.05) is 0 Å². The van der Waals surface area contributed by atoms with Crippen LogP contribution in [0, 0.1) is 0 Å². The number of hydrogen-bond donors (Lipinski definition) is 0. The number of carbonyl (C=O) groups excluding carboxylic acids is 1. The molecule has 106 valence electrons. The van der Waals surface area contributed by atoms with Gasteiger partial charge in [-0.15, -0.1) is 0 Å². The van der Waals surface area contributed by atoms with E-state index in [1.807, 2.05) is 0 Å². The van der Waals surface area contributed by atoms with Crippen molar-refractivity contribution in [1.82, 2.24) is 0 Å². The molecule has 0 aliphatic carbocycles. The normalized spacial score (nSPS) is 14.2. The van der Waals surface area contributed by atoms with Crippen LogP contribution in [0.25, 0.3) is 0 Å².